The van der Waals surface area contributed by atoms with E-state index in [-0.39, 0.29) is 12.0 Å². The second-order valence-electron chi connectivity index (χ2n) is 4.08. The Balaban J connectivity index is 2.30. The summed E-state index contributed by atoms with van der Waals surface area (Å²) in [4.78, 5) is 0. The Morgan fingerprint density at radius 2 is 2.21 bits per heavy atom. The van der Waals surface area contributed by atoms with Crippen molar-refractivity contribution in [1.82, 2.24) is 5.32 Å². The zero-order chi connectivity index (χ0) is 10.4. The van der Waals surface area contributed by atoms with Crippen molar-refractivity contribution in [3.8, 4) is 6.07 Å². The third-order valence-corrected chi connectivity index (χ3v) is 3.00. The summed E-state index contributed by atoms with van der Waals surface area (Å²) in [5, 5.41) is 12.4. The lowest BCUT2D eigenvalue weighted by molar-refractivity contribution is 0.110. The molecule has 0 aromatic heterocycles. The van der Waals surface area contributed by atoms with Gasteiger partial charge in [-0.25, -0.2) is 0 Å². The standard InChI is InChI=1S/C11H20N2O/c1-9(14-2)8-13-11-6-4-3-5-10(11)7-12/h9-11,13H,3-6,8H2,1-2H3. The van der Waals surface area contributed by atoms with Crippen molar-refractivity contribution in [2.24, 2.45) is 5.92 Å². The van der Waals surface area contributed by atoms with Crippen molar-refractivity contribution < 1.29 is 4.74 Å². The number of hydrogen-bond acceptors (Lipinski definition) is 3. The summed E-state index contributed by atoms with van der Waals surface area (Å²) in [7, 11) is 1.72. The first kappa shape index (κ1) is 11.5. The third-order valence-electron chi connectivity index (χ3n) is 3.00. The molecule has 3 nitrogen and oxygen atoms in total. The van der Waals surface area contributed by atoms with Crippen molar-refractivity contribution in [3.63, 3.8) is 0 Å². The smallest absolute Gasteiger partial charge is 0.0672 e. The van der Waals surface area contributed by atoms with Crippen molar-refractivity contribution in [1.29, 1.82) is 5.26 Å². The molecule has 3 atom stereocenters. The number of nitrogens with one attached hydrogen (secondary N) is 1. The highest BCUT2D eigenvalue weighted by atomic mass is 16.5. The molecule has 3 heteroatoms. The molecule has 1 fully saturated rings. The highest BCUT2D eigenvalue weighted by Gasteiger charge is 2.24. The van der Waals surface area contributed by atoms with Gasteiger partial charge in [-0.15, -0.1) is 0 Å². The predicted molar refractivity (Wildman–Crippen MR) is 55.8 cm³/mol. The van der Waals surface area contributed by atoms with Gasteiger partial charge in [-0.3, -0.25) is 0 Å². The second kappa shape index (κ2) is 6.00. The molecular weight excluding hydrogens is 176 g/mol. The van der Waals surface area contributed by atoms with Gasteiger partial charge in [0.2, 0.25) is 0 Å². The Morgan fingerprint density at radius 1 is 1.50 bits per heavy atom. The highest BCUT2D eigenvalue weighted by Crippen LogP contribution is 2.23. The Bertz CT molecular complexity index is 200. The molecular formula is C11H20N2O. The largest absolute Gasteiger partial charge is 0.380 e. The van der Waals surface area contributed by atoms with Crippen molar-refractivity contribution in [2.75, 3.05) is 13.7 Å². The van der Waals surface area contributed by atoms with Gasteiger partial charge in [-0.2, -0.15) is 5.26 Å². The van der Waals surface area contributed by atoms with Crippen LogP contribution in [0.3, 0.4) is 0 Å². The fourth-order valence-corrected chi connectivity index (χ4v) is 1.93. The normalized spacial score (nSPS) is 29.5. The lowest BCUT2D eigenvalue weighted by Gasteiger charge is -2.28. The fraction of sp³-hybridized carbons (Fsp3) is 0.909. The summed E-state index contributed by atoms with van der Waals surface area (Å²) in [5.41, 5.74) is 0. The van der Waals surface area contributed by atoms with Crippen LogP contribution < -0.4 is 5.32 Å². The molecule has 0 spiro atoms. The Morgan fingerprint density at radius 3 is 2.86 bits per heavy atom. The highest BCUT2D eigenvalue weighted by molar-refractivity contribution is 4.94. The van der Waals surface area contributed by atoms with Crippen LogP contribution >= 0.6 is 0 Å². The van der Waals surface area contributed by atoms with Gasteiger partial charge in [0.05, 0.1) is 18.1 Å². The van der Waals surface area contributed by atoms with E-state index < -0.39 is 0 Å². The van der Waals surface area contributed by atoms with Crippen LogP contribution in [0.15, 0.2) is 0 Å². The summed E-state index contributed by atoms with van der Waals surface area (Å²) in [6.45, 7) is 2.89. The van der Waals surface area contributed by atoms with E-state index in [0.29, 0.717) is 6.04 Å². The zero-order valence-electron chi connectivity index (χ0n) is 9.12. The first-order valence-electron chi connectivity index (χ1n) is 5.43. The lowest BCUT2D eigenvalue weighted by Crippen LogP contribution is -2.41. The fourth-order valence-electron chi connectivity index (χ4n) is 1.93. The topological polar surface area (TPSA) is 45.0 Å². The lowest BCUT2D eigenvalue weighted by atomic mass is 9.85. The van der Waals surface area contributed by atoms with Gasteiger partial charge in [0.1, 0.15) is 0 Å². The average molecular weight is 196 g/mol. The molecule has 1 N–H and O–H groups in total. The van der Waals surface area contributed by atoms with E-state index in [1.165, 1.54) is 12.8 Å². The van der Waals surface area contributed by atoms with E-state index in [9.17, 15) is 0 Å². The van der Waals surface area contributed by atoms with Crippen LogP contribution in [0.1, 0.15) is 32.6 Å². The van der Waals surface area contributed by atoms with Crippen LogP contribution in [0, 0.1) is 17.2 Å². The first-order valence-corrected chi connectivity index (χ1v) is 5.43. The molecule has 80 valence electrons. The van der Waals surface area contributed by atoms with Crippen LogP contribution in [0.5, 0.6) is 0 Å². The molecule has 1 aliphatic rings. The molecule has 1 saturated carbocycles. The molecule has 0 radical (unpaired) electrons. The quantitative estimate of drug-likeness (QED) is 0.744. The Kier molecular flexibility index (Phi) is 4.92. The van der Waals surface area contributed by atoms with E-state index in [4.69, 9.17) is 10.00 Å². The molecule has 3 unspecified atom stereocenters. The first-order chi connectivity index (χ1) is 6.77. The van der Waals surface area contributed by atoms with Gasteiger partial charge in [0.15, 0.2) is 0 Å². The van der Waals surface area contributed by atoms with Crippen LogP contribution in [0.4, 0.5) is 0 Å². The molecule has 1 aliphatic carbocycles. The van der Waals surface area contributed by atoms with E-state index in [2.05, 4.69) is 11.4 Å². The number of nitrogens with zero attached hydrogens (tertiary/aromatic N) is 1. The van der Waals surface area contributed by atoms with Crippen molar-refractivity contribution in [3.05, 3.63) is 0 Å². The molecule has 0 bridgehead atoms. The van der Waals surface area contributed by atoms with Gasteiger partial charge in [0, 0.05) is 19.7 Å². The predicted octanol–water partition coefficient (Wildman–Crippen LogP) is 1.69. The minimum Gasteiger partial charge on any atom is -0.380 e. The number of hydrogen-bond donors (Lipinski definition) is 1. The summed E-state index contributed by atoms with van der Waals surface area (Å²) < 4.78 is 5.16. The van der Waals surface area contributed by atoms with Crippen LogP contribution in [0.25, 0.3) is 0 Å². The van der Waals surface area contributed by atoms with Crippen LogP contribution in [-0.4, -0.2) is 25.8 Å². The molecule has 0 amide bonds. The Labute approximate surface area is 86.4 Å². The van der Waals surface area contributed by atoms with Crippen molar-refractivity contribution >= 4 is 0 Å². The molecule has 0 saturated heterocycles. The van der Waals surface area contributed by atoms with E-state index >= 15 is 0 Å². The van der Waals surface area contributed by atoms with E-state index in [0.717, 1.165) is 19.4 Å². The van der Waals surface area contributed by atoms with Gasteiger partial charge < -0.3 is 10.1 Å². The van der Waals surface area contributed by atoms with E-state index in [1.807, 2.05) is 6.92 Å². The monoisotopic (exact) mass is 196 g/mol. The van der Waals surface area contributed by atoms with E-state index in [1.54, 1.807) is 7.11 Å². The molecule has 1 rings (SSSR count). The third kappa shape index (κ3) is 3.28. The van der Waals surface area contributed by atoms with Gasteiger partial charge in [-0.1, -0.05) is 12.8 Å². The minimum absolute atomic E-state index is 0.202. The van der Waals surface area contributed by atoms with Crippen LogP contribution in [0.2, 0.25) is 0 Å². The molecule has 0 aromatic carbocycles. The SMILES string of the molecule is COC(C)CNC1CCCCC1C#N. The summed E-state index contributed by atoms with van der Waals surface area (Å²) >= 11 is 0. The van der Waals surface area contributed by atoms with Crippen LogP contribution in [-0.2, 0) is 4.74 Å². The zero-order valence-corrected chi connectivity index (χ0v) is 9.12. The number of methoxy groups -OCH3 is 1. The molecule has 0 heterocycles. The van der Waals surface area contributed by atoms with Gasteiger partial charge in [0.25, 0.3) is 0 Å². The van der Waals surface area contributed by atoms with Gasteiger partial charge >= 0.3 is 0 Å². The average Bonchev–Trinajstić information content (AvgIpc) is 2.26. The maximum atomic E-state index is 8.96. The number of nitriles is 1. The van der Waals surface area contributed by atoms with Gasteiger partial charge in [-0.05, 0) is 19.8 Å². The Hall–Kier alpha value is -0.590. The maximum Gasteiger partial charge on any atom is 0.0672 e. The molecule has 0 aromatic rings. The minimum atomic E-state index is 0.202. The number of ether oxygens (including phenoxy) is 1. The summed E-state index contributed by atoms with van der Waals surface area (Å²) in [5.74, 6) is 0.202. The molecule has 0 aliphatic heterocycles. The summed E-state index contributed by atoms with van der Waals surface area (Å²) in [6.07, 6.45) is 4.87. The second-order valence-corrected chi connectivity index (χ2v) is 4.08. The van der Waals surface area contributed by atoms with Crippen molar-refractivity contribution in [2.45, 2.75) is 44.8 Å². The molecule has 14 heavy (non-hydrogen) atoms. The number of rotatable bonds is 4. The summed E-state index contributed by atoms with van der Waals surface area (Å²) in [6, 6.07) is 2.77. The maximum absolute atomic E-state index is 8.96.